The van der Waals surface area contributed by atoms with Crippen LogP contribution < -0.4 is 0 Å². The third-order valence-corrected chi connectivity index (χ3v) is 1.91. The van der Waals surface area contributed by atoms with Crippen molar-refractivity contribution in [1.82, 2.24) is 15.0 Å². The lowest BCUT2D eigenvalue weighted by atomic mass is 10.3. The van der Waals surface area contributed by atoms with Gasteiger partial charge in [0.15, 0.2) is 5.69 Å². The summed E-state index contributed by atoms with van der Waals surface area (Å²) in [4.78, 5) is 11.1. The zero-order valence-corrected chi connectivity index (χ0v) is 8.12. The van der Waals surface area contributed by atoms with Crippen molar-refractivity contribution in [2.24, 2.45) is 0 Å². The standard InChI is InChI=1S/C10H9N3O2/c1-15-10(14)9-7-13(12-11-9)8-5-3-2-4-6-8/h2-7H,1H3. The Bertz CT molecular complexity index is 465. The predicted octanol–water partition coefficient (Wildman–Crippen LogP) is 1.05. The van der Waals surface area contributed by atoms with E-state index in [9.17, 15) is 4.79 Å². The highest BCUT2D eigenvalue weighted by molar-refractivity contribution is 5.86. The minimum atomic E-state index is -0.489. The highest BCUT2D eigenvalue weighted by Crippen LogP contribution is 2.05. The van der Waals surface area contributed by atoms with Crippen LogP contribution in [0.4, 0.5) is 0 Å². The van der Waals surface area contributed by atoms with Crippen molar-refractivity contribution in [2.75, 3.05) is 7.11 Å². The van der Waals surface area contributed by atoms with Crippen LogP contribution in [-0.4, -0.2) is 28.1 Å². The van der Waals surface area contributed by atoms with Crippen molar-refractivity contribution in [3.8, 4) is 5.69 Å². The van der Waals surface area contributed by atoms with Gasteiger partial charge in [0, 0.05) is 0 Å². The van der Waals surface area contributed by atoms with Gasteiger partial charge in [0.05, 0.1) is 19.0 Å². The van der Waals surface area contributed by atoms with Gasteiger partial charge in [-0.25, -0.2) is 9.48 Å². The molecule has 1 heterocycles. The second kappa shape index (κ2) is 3.91. The highest BCUT2D eigenvalue weighted by atomic mass is 16.5. The first-order chi connectivity index (χ1) is 7.31. The summed E-state index contributed by atoms with van der Waals surface area (Å²) in [5.41, 5.74) is 1.04. The first-order valence-corrected chi connectivity index (χ1v) is 4.37. The minimum Gasteiger partial charge on any atom is -0.464 e. The van der Waals surface area contributed by atoms with E-state index >= 15 is 0 Å². The molecule has 1 aromatic heterocycles. The molecule has 0 bridgehead atoms. The van der Waals surface area contributed by atoms with Crippen LogP contribution in [0.2, 0.25) is 0 Å². The van der Waals surface area contributed by atoms with Gasteiger partial charge in [-0.15, -0.1) is 5.10 Å². The summed E-state index contributed by atoms with van der Waals surface area (Å²) in [6.07, 6.45) is 1.53. The fourth-order valence-electron chi connectivity index (χ4n) is 1.17. The molecule has 0 saturated carbocycles. The maximum Gasteiger partial charge on any atom is 0.360 e. The Morgan fingerprint density at radius 1 is 1.33 bits per heavy atom. The van der Waals surface area contributed by atoms with Crippen LogP contribution in [0.25, 0.3) is 5.69 Å². The van der Waals surface area contributed by atoms with Gasteiger partial charge in [0.25, 0.3) is 0 Å². The third-order valence-electron chi connectivity index (χ3n) is 1.91. The molecule has 0 unspecified atom stereocenters. The summed E-state index contributed by atoms with van der Waals surface area (Å²) in [7, 11) is 1.31. The van der Waals surface area contributed by atoms with Gasteiger partial charge in [-0.3, -0.25) is 0 Å². The second-order valence-corrected chi connectivity index (χ2v) is 2.88. The number of esters is 1. The van der Waals surface area contributed by atoms with Crippen LogP contribution in [0, 0.1) is 0 Å². The number of hydrogen-bond donors (Lipinski definition) is 0. The predicted molar refractivity (Wildman–Crippen MR) is 52.7 cm³/mol. The molecular weight excluding hydrogens is 194 g/mol. The van der Waals surface area contributed by atoms with Gasteiger partial charge in [0.1, 0.15) is 0 Å². The van der Waals surface area contributed by atoms with E-state index in [1.165, 1.54) is 18.0 Å². The molecular formula is C10H9N3O2. The first kappa shape index (κ1) is 9.39. The zero-order valence-electron chi connectivity index (χ0n) is 8.12. The molecule has 15 heavy (non-hydrogen) atoms. The Labute approximate surface area is 86.3 Å². The molecule has 2 aromatic rings. The molecule has 0 amide bonds. The topological polar surface area (TPSA) is 57.0 Å². The van der Waals surface area contributed by atoms with Crippen molar-refractivity contribution >= 4 is 5.97 Å². The molecule has 0 spiro atoms. The lowest BCUT2D eigenvalue weighted by Gasteiger charge is -1.96. The average molecular weight is 203 g/mol. The quantitative estimate of drug-likeness (QED) is 0.684. The summed E-state index contributed by atoms with van der Waals surface area (Å²) < 4.78 is 6.05. The van der Waals surface area contributed by atoms with Gasteiger partial charge >= 0.3 is 5.97 Å². The number of carbonyl (C=O) groups is 1. The highest BCUT2D eigenvalue weighted by Gasteiger charge is 2.10. The van der Waals surface area contributed by atoms with E-state index in [1.54, 1.807) is 0 Å². The SMILES string of the molecule is COC(=O)c1cn(-c2ccccc2)nn1. The zero-order chi connectivity index (χ0) is 10.7. The van der Waals surface area contributed by atoms with E-state index in [0.29, 0.717) is 0 Å². The molecule has 76 valence electrons. The molecule has 5 heteroatoms. The fourth-order valence-corrected chi connectivity index (χ4v) is 1.17. The Hall–Kier alpha value is -2.17. The van der Waals surface area contributed by atoms with E-state index in [-0.39, 0.29) is 5.69 Å². The van der Waals surface area contributed by atoms with Gasteiger partial charge in [-0.05, 0) is 12.1 Å². The Morgan fingerprint density at radius 3 is 2.73 bits per heavy atom. The fraction of sp³-hybridized carbons (Fsp3) is 0.100. The van der Waals surface area contributed by atoms with Crippen LogP contribution in [-0.2, 0) is 4.74 Å². The number of benzene rings is 1. The first-order valence-electron chi connectivity index (χ1n) is 4.37. The molecule has 1 aromatic carbocycles. The molecule has 0 aliphatic heterocycles. The van der Waals surface area contributed by atoms with Crippen molar-refractivity contribution in [3.63, 3.8) is 0 Å². The number of para-hydroxylation sites is 1. The van der Waals surface area contributed by atoms with Crippen molar-refractivity contribution < 1.29 is 9.53 Å². The minimum absolute atomic E-state index is 0.196. The smallest absolute Gasteiger partial charge is 0.360 e. The molecule has 0 fully saturated rings. The number of nitrogens with zero attached hydrogens (tertiary/aromatic N) is 3. The van der Waals surface area contributed by atoms with Crippen LogP contribution in [0.5, 0.6) is 0 Å². The van der Waals surface area contributed by atoms with Crippen molar-refractivity contribution in [1.29, 1.82) is 0 Å². The molecule has 0 saturated heterocycles. The summed E-state index contributed by atoms with van der Waals surface area (Å²) in [5.74, 6) is -0.489. The number of hydrogen-bond acceptors (Lipinski definition) is 4. The van der Waals surface area contributed by atoms with E-state index < -0.39 is 5.97 Å². The summed E-state index contributed by atoms with van der Waals surface area (Å²) in [6, 6.07) is 9.41. The third kappa shape index (κ3) is 1.85. The van der Waals surface area contributed by atoms with Crippen LogP contribution >= 0.6 is 0 Å². The molecule has 0 aliphatic rings. The molecule has 0 aliphatic carbocycles. The van der Waals surface area contributed by atoms with Crippen LogP contribution in [0.1, 0.15) is 10.5 Å². The number of rotatable bonds is 2. The van der Waals surface area contributed by atoms with Crippen molar-refractivity contribution in [3.05, 3.63) is 42.2 Å². The Balaban J connectivity index is 2.32. The Kier molecular flexibility index (Phi) is 2.45. The van der Waals surface area contributed by atoms with Gasteiger partial charge in [0.2, 0.25) is 0 Å². The Morgan fingerprint density at radius 2 is 2.07 bits per heavy atom. The number of carbonyl (C=O) groups excluding carboxylic acids is 1. The van der Waals surface area contributed by atoms with Gasteiger partial charge in [-0.2, -0.15) is 0 Å². The maximum absolute atomic E-state index is 11.1. The monoisotopic (exact) mass is 203 g/mol. The van der Waals surface area contributed by atoms with Gasteiger partial charge in [-0.1, -0.05) is 23.4 Å². The van der Waals surface area contributed by atoms with Gasteiger partial charge < -0.3 is 4.74 Å². The largest absolute Gasteiger partial charge is 0.464 e. The lowest BCUT2D eigenvalue weighted by molar-refractivity contribution is 0.0594. The molecule has 0 atom stereocenters. The number of methoxy groups -OCH3 is 1. The van der Waals surface area contributed by atoms with E-state index in [2.05, 4.69) is 15.0 Å². The average Bonchev–Trinajstić information content (AvgIpc) is 2.78. The van der Waals surface area contributed by atoms with Crippen LogP contribution in [0.15, 0.2) is 36.5 Å². The van der Waals surface area contributed by atoms with E-state index in [4.69, 9.17) is 0 Å². The summed E-state index contributed by atoms with van der Waals surface area (Å²) in [6.45, 7) is 0. The maximum atomic E-state index is 11.1. The normalized spacial score (nSPS) is 9.93. The molecule has 0 N–H and O–H groups in total. The number of ether oxygens (including phenoxy) is 1. The van der Waals surface area contributed by atoms with Crippen molar-refractivity contribution in [2.45, 2.75) is 0 Å². The summed E-state index contributed by atoms with van der Waals surface area (Å²) >= 11 is 0. The van der Waals surface area contributed by atoms with E-state index in [0.717, 1.165) is 5.69 Å². The summed E-state index contributed by atoms with van der Waals surface area (Å²) in [5, 5.41) is 7.52. The van der Waals surface area contributed by atoms with E-state index in [1.807, 2.05) is 30.3 Å². The molecule has 0 radical (unpaired) electrons. The second-order valence-electron chi connectivity index (χ2n) is 2.88. The lowest BCUT2D eigenvalue weighted by Crippen LogP contribution is -2.01. The molecule has 5 nitrogen and oxygen atoms in total. The van der Waals surface area contributed by atoms with Crippen LogP contribution in [0.3, 0.4) is 0 Å². The molecule has 2 rings (SSSR count). The number of aromatic nitrogens is 3.